The molecule has 0 aliphatic rings. The Morgan fingerprint density at radius 1 is 1.32 bits per heavy atom. The van der Waals surface area contributed by atoms with Crippen molar-refractivity contribution in [3.05, 3.63) is 27.7 Å². The number of hydrogen-bond donors (Lipinski definition) is 1. The van der Waals surface area contributed by atoms with Crippen LogP contribution in [0.25, 0.3) is 0 Å². The summed E-state index contributed by atoms with van der Waals surface area (Å²) in [4.78, 5) is 0. The van der Waals surface area contributed by atoms with Crippen LogP contribution >= 0.6 is 27.5 Å². The predicted octanol–water partition coefficient (Wildman–Crippen LogP) is 4.89. The molecule has 19 heavy (non-hydrogen) atoms. The number of ether oxygens (including phenoxy) is 1. The fourth-order valence-electron chi connectivity index (χ4n) is 1.55. The zero-order chi connectivity index (χ0) is 14.6. The topological polar surface area (TPSA) is 21.3 Å². The minimum Gasteiger partial charge on any atom is -0.487 e. The summed E-state index contributed by atoms with van der Waals surface area (Å²) in [6.07, 6.45) is 0.0953. The highest BCUT2D eigenvalue weighted by molar-refractivity contribution is 9.10. The molecule has 0 radical (unpaired) electrons. The van der Waals surface area contributed by atoms with E-state index in [1.165, 1.54) is 0 Å². The van der Waals surface area contributed by atoms with E-state index in [4.69, 9.17) is 16.3 Å². The van der Waals surface area contributed by atoms with E-state index < -0.39 is 0 Å². The maximum Gasteiger partial charge on any atom is 0.138 e. The average Bonchev–Trinajstić information content (AvgIpc) is 2.24. The van der Waals surface area contributed by atoms with Crippen molar-refractivity contribution in [2.75, 3.05) is 6.54 Å². The van der Waals surface area contributed by atoms with Gasteiger partial charge in [0, 0.05) is 16.6 Å². The summed E-state index contributed by atoms with van der Waals surface area (Å²) >= 11 is 9.59. The van der Waals surface area contributed by atoms with E-state index in [9.17, 15) is 0 Å². The monoisotopic (exact) mass is 347 g/mol. The summed E-state index contributed by atoms with van der Waals surface area (Å²) in [7, 11) is 0. The molecule has 0 saturated heterocycles. The Kier molecular flexibility index (Phi) is 6.15. The number of halogens is 2. The average molecular weight is 349 g/mol. The van der Waals surface area contributed by atoms with Crippen LogP contribution in [0.3, 0.4) is 0 Å². The molecule has 0 heterocycles. The van der Waals surface area contributed by atoms with Crippen molar-refractivity contribution >= 4 is 27.5 Å². The van der Waals surface area contributed by atoms with Gasteiger partial charge in [-0.2, -0.15) is 0 Å². The summed E-state index contributed by atoms with van der Waals surface area (Å²) in [6, 6.07) is 5.69. The van der Waals surface area contributed by atoms with Crippen LogP contribution in [0.4, 0.5) is 0 Å². The first-order chi connectivity index (χ1) is 8.69. The molecular formula is C15H23BrClNO. The molecule has 1 rings (SSSR count). The van der Waals surface area contributed by atoms with Crippen LogP contribution in [0.15, 0.2) is 22.7 Å². The first-order valence-corrected chi connectivity index (χ1v) is 7.73. The third kappa shape index (κ3) is 6.15. The second-order valence-electron chi connectivity index (χ2n) is 6.11. The standard InChI is InChI=1S/C15H23BrClNO/c1-10(2)14(9-18-15(3,4)5)19-13-7-6-11(16)8-12(13)17/h6-8,10,14,18H,9H2,1-5H3. The van der Waals surface area contributed by atoms with Gasteiger partial charge in [-0.1, -0.05) is 41.4 Å². The lowest BCUT2D eigenvalue weighted by Crippen LogP contribution is -2.44. The predicted molar refractivity (Wildman–Crippen MR) is 86.2 cm³/mol. The lowest BCUT2D eigenvalue weighted by Gasteiger charge is -2.28. The second kappa shape index (κ2) is 6.96. The molecule has 1 atom stereocenters. The zero-order valence-electron chi connectivity index (χ0n) is 12.3. The number of benzene rings is 1. The van der Waals surface area contributed by atoms with Gasteiger partial charge in [0.25, 0.3) is 0 Å². The maximum absolute atomic E-state index is 6.19. The molecule has 0 aliphatic carbocycles. The molecule has 108 valence electrons. The van der Waals surface area contributed by atoms with Crippen molar-refractivity contribution in [3.8, 4) is 5.75 Å². The lowest BCUT2D eigenvalue weighted by atomic mass is 10.0. The summed E-state index contributed by atoms with van der Waals surface area (Å²) in [6.45, 7) is 11.6. The van der Waals surface area contributed by atoms with Crippen LogP contribution in [0.5, 0.6) is 5.75 Å². The Bertz CT molecular complexity index is 415. The lowest BCUT2D eigenvalue weighted by molar-refractivity contribution is 0.140. The quantitative estimate of drug-likeness (QED) is 0.817. The smallest absolute Gasteiger partial charge is 0.138 e. The highest BCUT2D eigenvalue weighted by Crippen LogP contribution is 2.29. The van der Waals surface area contributed by atoms with Gasteiger partial charge in [0.15, 0.2) is 0 Å². The molecule has 1 aromatic carbocycles. The van der Waals surface area contributed by atoms with Crippen LogP contribution in [0.2, 0.25) is 5.02 Å². The van der Waals surface area contributed by atoms with E-state index in [0.29, 0.717) is 10.9 Å². The van der Waals surface area contributed by atoms with Gasteiger partial charge >= 0.3 is 0 Å². The second-order valence-corrected chi connectivity index (χ2v) is 7.43. The van der Waals surface area contributed by atoms with E-state index in [0.717, 1.165) is 16.8 Å². The zero-order valence-corrected chi connectivity index (χ0v) is 14.6. The third-order valence-electron chi connectivity index (χ3n) is 2.75. The maximum atomic E-state index is 6.19. The van der Waals surface area contributed by atoms with E-state index in [-0.39, 0.29) is 11.6 Å². The van der Waals surface area contributed by atoms with Gasteiger partial charge in [-0.05, 0) is 44.9 Å². The van der Waals surface area contributed by atoms with Gasteiger partial charge in [0.05, 0.1) is 5.02 Å². The minimum absolute atomic E-state index is 0.0833. The molecule has 0 aromatic heterocycles. The van der Waals surface area contributed by atoms with Crippen LogP contribution in [-0.2, 0) is 0 Å². The number of nitrogens with one attached hydrogen (secondary N) is 1. The van der Waals surface area contributed by atoms with Crippen LogP contribution < -0.4 is 10.1 Å². The molecule has 4 heteroatoms. The molecule has 2 nitrogen and oxygen atoms in total. The van der Waals surface area contributed by atoms with E-state index in [1.807, 2.05) is 18.2 Å². The summed E-state index contributed by atoms with van der Waals surface area (Å²) in [5.74, 6) is 1.15. The Hall–Kier alpha value is -0.250. The Labute approximate surface area is 130 Å². The van der Waals surface area contributed by atoms with Gasteiger partial charge in [-0.25, -0.2) is 0 Å². The van der Waals surface area contributed by atoms with Crippen LogP contribution in [-0.4, -0.2) is 18.2 Å². The van der Waals surface area contributed by atoms with Gasteiger partial charge < -0.3 is 10.1 Å². The van der Waals surface area contributed by atoms with Crippen molar-refractivity contribution in [1.29, 1.82) is 0 Å². The van der Waals surface area contributed by atoms with Gasteiger partial charge in [0.1, 0.15) is 11.9 Å². The molecule has 1 N–H and O–H groups in total. The van der Waals surface area contributed by atoms with Crippen molar-refractivity contribution in [2.45, 2.75) is 46.3 Å². The molecule has 0 aliphatic heterocycles. The Morgan fingerprint density at radius 3 is 2.42 bits per heavy atom. The molecular weight excluding hydrogens is 326 g/mol. The number of rotatable bonds is 5. The summed E-state index contributed by atoms with van der Waals surface area (Å²) in [5.41, 5.74) is 0.0833. The largest absolute Gasteiger partial charge is 0.487 e. The van der Waals surface area contributed by atoms with Crippen LogP contribution in [0.1, 0.15) is 34.6 Å². The molecule has 0 spiro atoms. The fraction of sp³-hybridized carbons (Fsp3) is 0.600. The minimum atomic E-state index is 0.0833. The Balaban J connectivity index is 2.73. The van der Waals surface area contributed by atoms with Crippen LogP contribution in [0, 0.1) is 5.92 Å². The van der Waals surface area contributed by atoms with Crippen molar-refractivity contribution < 1.29 is 4.74 Å². The molecule has 1 unspecified atom stereocenters. The summed E-state index contributed by atoms with van der Waals surface area (Å²) in [5, 5.41) is 4.11. The van der Waals surface area contributed by atoms with Crippen molar-refractivity contribution in [3.63, 3.8) is 0 Å². The first-order valence-electron chi connectivity index (χ1n) is 6.56. The molecule has 1 aromatic rings. The van der Waals surface area contributed by atoms with E-state index >= 15 is 0 Å². The van der Waals surface area contributed by atoms with Crippen molar-refractivity contribution in [1.82, 2.24) is 5.32 Å². The molecule has 0 bridgehead atoms. The fourth-order valence-corrected chi connectivity index (χ4v) is 2.27. The van der Waals surface area contributed by atoms with E-state index in [1.54, 1.807) is 0 Å². The van der Waals surface area contributed by atoms with Gasteiger partial charge in [-0.3, -0.25) is 0 Å². The molecule has 0 amide bonds. The third-order valence-corrected chi connectivity index (χ3v) is 3.54. The molecule has 0 fully saturated rings. The van der Waals surface area contributed by atoms with Crippen molar-refractivity contribution in [2.24, 2.45) is 5.92 Å². The molecule has 0 saturated carbocycles. The van der Waals surface area contributed by atoms with Gasteiger partial charge in [0.2, 0.25) is 0 Å². The highest BCUT2D eigenvalue weighted by Gasteiger charge is 2.19. The normalized spacial score (nSPS) is 13.7. The SMILES string of the molecule is CC(C)C(CNC(C)(C)C)Oc1ccc(Br)cc1Cl. The first kappa shape index (κ1) is 16.8. The van der Waals surface area contributed by atoms with Gasteiger partial charge in [-0.15, -0.1) is 0 Å². The van der Waals surface area contributed by atoms with E-state index in [2.05, 4.69) is 55.9 Å². The number of hydrogen-bond acceptors (Lipinski definition) is 2. The summed E-state index contributed by atoms with van der Waals surface area (Å²) < 4.78 is 7.00. The highest BCUT2D eigenvalue weighted by atomic mass is 79.9. The Morgan fingerprint density at radius 2 is 1.95 bits per heavy atom.